The van der Waals surface area contributed by atoms with E-state index in [1.54, 1.807) is 13.4 Å². The topological polar surface area (TPSA) is 71.3 Å². The lowest BCUT2D eigenvalue weighted by Gasteiger charge is -2.27. The Morgan fingerprint density at radius 1 is 1.26 bits per heavy atom. The average Bonchev–Trinajstić information content (AvgIpc) is 3.18. The highest BCUT2D eigenvalue weighted by atomic mass is 16.5. The number of nitrogens with one attached hydrogen (secondary N) is 2. The van der Waals surface area contributed by atoms with Crippen molar-refractivity contribution in [1.29, 1.82) is 0 Å². The molecule has 1 aromatic rings. The summed E-state index contributed by atoms with van der Waals surface area (Å²) < 4.78 is 16.0. The van der Waals surface area contributed by atoms with Crippen molar-refractivity contribution in [1.82, 2.24) is 15.5 Å². The van der Waals surface area contributed by atoms with Crippen molar-refractivity contribution in [3.8, 4) is 0 Å². The number of aliphatic imine (C=N–C) groups is 1. The Morgan fingerprint density at radius 2 is 2.04 bits per heavy atom. The van der Waals surface area contributed by atoms with Gasteiger partial charge in [-0.3, -0.25) is 9.89 Å². The van der Waals surface area contributed by atoms with Gasteiger partial charge in [0.1, 0.15) is 5.76 Å². The summed E-state index contributed by atoms with van der Waals surface area (Å²) in [7, 11) is 1.74. The van der Waals surface area contributed by atoms with E-state index in [1.165, 1.54) is 0 Å². The van der Waals surface area contributed by atoms with Crippen LogP contribution in [0.5, 0.6) is 0 Å². The molecule has 0 unspecified atom stereocenters. The van der Waals surface area contributed by atoms with Crippen LogP contribution in [0.25, 0.3) is 0 Å². The number of guanidine groups is 1. The summed E-state index contributed by atoms with van der Waals surface area (Å²) in [4.78, 5) is 7.23. The molecule has 154 valence electrons. The zero-order chi connectivity index (χ0) is 19.4. The molecule has 7 heteroatoms. The van der Waals surface area contributed by atoms with E-state index < -0.39 is 0 Å². The molecule has 1 aliphatic rings. The van der Waals surface area contributed by atoms with E-state index in [0.717, 1.165) is 83.7 Å². The SMILES string of the molecule is COCCC(C)(C)CN=C(NCCc1ccco1)NCCN1CCOCC1. The Kier molecular flexibility index (Phi) is 9.66. The van der Waals surface area contributed by atoms with Crippen LogP contribution in [0.3, 0.4) is 0 Å². The van der Waals surface area contributed by atoms with E-state index >= 15 is 0 Å². The summed E-state index contributed by atoms with van der Waals surface area (Å²) in [5, 5.41) is 6.90. The van der Waals surface area contributed by atoms with Crippen LogP contribution < -0.4 is 10.6 Å². The number of hydrogen-bond donors (Lipinski definition) is 2. The van der Waals surface area contributed by atoms with Gasteiger partial charge in [0.05, 0.1) is 19.5 Å². The smallest absolute Gasteiger partial charge is 0.191 e. The molecule has 1 saturated heterocycles. The number of furan rings is 1. The number of ether oxygens (including phenoxy) is 2. The number of morpholine rings is 1. The number of nitrogens with zero attached hydrogens (tertiary/aromatic N) is 2. The molecule has 0 atom stereocenters. The van der Waals surface area contributed by atoms with Gasteiger partial charge in [0.15, 0.2) is 5.96 Å². The molecular formula is C20H36N4O3. The molecule has 0 aliphatic carbocycles. The van der Waals surface area contributed by atoms with Gasteiger partial charge < -0.3 is 24.5 Å². The lowest BCUT2D eigenvalue weighted by atomic mass is 9.90. The fraction of sp³-hybridized carbons (Fsp3) is 0.750. The summed E-state index contributed by atoms with van der Waals surface area (Å²) in [5.41, 5.74) is 0.107. The Bertz CT molecular complexity index is 525. The Morgan fingerprint density at radius 3 is 2.74 bits per heavy atom. The molecule has 0 radical (unpaired) electrons. The predicted octanol–water partition coefficient (Wildman–Crippen LogP) is 1.75. The van der Waals surface area contributed by atoms with Gasteiger partial charge in [-0.2, -0.15) is 0 Å². The largest absolute Gasteiger partial charge is 0.469 e. The summed E-state index contributed by atoms with van der Waals surface area (Å²) in [5.74, 6) is 1.84. The van der Waals surface area contributed by atoms with Gasteiger partial charge >= 0.3 is 0 Å². The zero-order valence-corrected chi connectivity index (χ0v) is 17.1. The molecule has 7 nitrogen and oxygen atoms in total. The highest BCUT2D eigenvalue weighted by molar-refractivity contribution is 5.79. The Labute approximate surface area is 163 Å². The van der Waals surface area contributed by atoms with E-state index in [-0.39, 0.29) is 5.41 Å². The van der Waals surface area contributed by atoms with Crippen LogP contribution >= 0.6 is 0 Å². The van der Waals surface area contributed by atoms with E-state index in [1.807, 2.05) is 12.1 Å². The maximum Gasteiger partial charge on any atom is 0.191 e. The molecule has 0 bridgehead atoms. The van der Waals surface area contributed by atoms with Crippen LogP contribution in [-0.4, -0.2) is 77.1 Å². The van der Waals surface area contributed by atoms with E-state index in [9.17, 15) is 0 Å². The molecule has 1 fully saturated rings. The highest BCUT2D eigenvalue weighted by Crippen LogP contribution is 2.20. The molecule has 2 rings (SSSR count). The molecule has 0 saturated carbocycles. The summed E-state index contributed by atoms with van der Waals surface area (Å²) in [6, 6.07) is 3.92. The third kappa shape index (κ3) is 9.26. The van der Waals surface area contributed by atoms with Gasteiger partial charge in [-0.1, -0.05) is 13.8 Å². The van der Waals surface area contributed by atoms with Crippen molar-refractivity contribution in [2.24, 2.45) is 10.4 Å². The maximum absolute atomic E-state index is 5.41. The van der Waals surface area contributed by atoms with E-state index in [4.69, 9.17) is 18.9 Å². The van der Waals surface area contributed by atoms with Crippen molar-refractivity contribution in [2.45, 2.75) is 26.7 Å². The fourth-order valence-electron chi connectivity index (χ4n) is 2.84. The summed E-state index contributed by atoms with van der Waals surface area (Å²) in [6.07, 6.45) is 3.54. The molecule has 1 aromatic heterocycles. The fourth-order valence-corrected chi connectivity index (χ4v) is 2.84. The Hall–Kier alpha value is -1.57. The zero-order valence-electron chi connectivity index (χ0n) is 17.1. The molecule has 0 aromatic carbocycles. The second-order valence-electron chi connectivity index (χ2n) is 7.71. The highest BCUT2D eigenvalue weighted by Gasteiger charge is 2.17. The molecule has 0 amide bonds. The van der Waals surface area contributed by atoms with Gasteiger partial charge in [-0.15, -0.1) is 0 Å². The first-order chi connectivity index (χ1) is 13.1. The quantitative estimate of drug-likeness (QED) is 0.450. The first-order valence-corrected chi connectivity index (χ1v) is 9.93. The van der Waals surface area contributed by atoms with Crippen LogP contribution in [0.1, 0.15) is 26.0 Å². The minimum atomic E-state index is 0.107. The maximum atomic E-state index is 5.41. The molecular weight excluding hydrogens is 344 g/mol. The van der Waals surface area contributed by atoms with E-state index in [2.05, 4.69) is 29.4 Å². The average molecular weight is 381 g/mol. The van der Waals surface area contributed by atoms with Crippen molar-refractivity contribution >= 4 is 5.96 Å². The first kappa shape index (κ1) is 21.7. The predicted molar refractivity (Wildman–Crippen MR) is 108 cm³/mol. The second kappa shape index (κ2) is 12.0. The van der Waals surface area contributed by atoms with Crippen molar-refractivity contribution < 1.29 is 13.9 Å². The van der Waals surface area contributed by atoms with Crippen molar-refractivity contribution in [3.63, 3.8) is 0 Å². The van der Waals surface area contributed by atoms with Crippen molar-refractivity contribution in [2.75, 3.05) is 66.2 Å². The minimum absolute atomic E-state index is 0.107. The lowest BCUT2D eigenvalue weighted by molar-refractivity contribution is 0.0389. The number of hydrogen-bond acceptors (Lipinski definition) is 5. The molecule has 0 spiro atoms. The first-order valence-electron chi connectivity index (χ1n) is 9.93. The second-order valence-corrected chi connectivity index (χ2v) is 7.71. The summed E-state index contributed by atoms with van der Waals surface area (Å²) >= 11 is 0. The summed E-state index contributed by atoms with van der Waals surface area (Å²) in [6.45, 7) is 12.3. The molecule has 1 aliphatic heterocycles. The normalized spacial score (nSPS) is 16.5. The van der Waals surface area contributed by atoms with Crippen LogP contribution in [0.4, 0.5) is 0 Å². The number of methoxy groups -OCH3 is 1. The van der Waals surface area contributed by atoms with Gasteiger partial charge in [0.2, 0.25) is 0 Å². The Balaban J connectivity index is 1.80. The van der Waals surface area contributed by atoms with E-state index in [0.29, 0.717) is 0 Å². The third-order valence-electron chi connectivity index (χ3n) is 4.72. The standard InChI is InChI=1S/C20H36N4O3/c1-20(2,7-14-25-3)17-23-19(21-8-6-18-5-4-13-27-18)22-9-10-24-11-15-26-16-12-24/h4-5,13H,6-12,14-17H2,1-3H3,(H2,21,22,23). The molecule has 2 N–H and O–H groups in total. The van der Waals surface area contributed by atoms with Crippen LogP contribution in [0.15, 0.2) is 27.8 Å². The monoisotopic (exact) mass is 380 g/mol. The number of rotatable bonds is 11. The molecule has 2 heterocycles. The van der Waals surface area contributed by atoms with Crippen LogP contribution in [0, 0.1) is 5.41 Å². The van der Waals surface area contributed by atoms with Crippen LogP contribution in [-0.2, 0) is 15.9 Å². The van der Waals surface area contributed by atoms with Gasteiger partial charge in [0.25, 0.3) is 0 Å². The minimum Gasteiger partial charge on any atom is -0.469 e. The van der Waals surface area contributed by atoms with Gasteiger partial charge in [0, 0.05) is 59.4 Å². The lowest BCUT2D eigenvalue weighted by Crippen LogP contribution is -2.45. The van der Waals surface area contributed by atoms with Gasteiger partial charge in [-0.25, -0.2) is 0 Å². The van der Waals surface area contributed by atoms with Crippen LogP contribution in [0.2, 0.25) is 0 Å². The third-order valence-corrected chi connectivity index (χ3v) is 4.72. The molecule has 27 heavy (non-hydrogen) atoms. The van der Waals surface area contributed by atoms with Gasteiger partial charge in [-0.05, 0) is 24.0 Å². The van der Waals surface area contributed by atoms with Crippen molar-refractivity contribution in [3.05, 3.63) is 24.2 Å².